The Morgan fingerprint density at radius 3 is 2.65 bits per heavy atom. The molecule has 1 N–H and O–H groups in total. The smallest absolute Gasteiger partial charge is 0.0674 e. The van der Waals surface area contributed by atoms with Gasteiger partial charge < -0.3 is 10.1 Å². The highest BCUT2D eigenvalue weighted by Crippen LogP contribution is 2.39. The topological polar surface area (TPSA) is 24.5 Å². The van der Waals surface area contributed by atoms with Gasteiger partial charge in [0.1, 0.15) is 0 Å². The average Bonchev–Trinajstić information content (AvgIpc) is 2.88. The summed E-state index contributed by atoms with van der Waals surface area (Å²) in [5, 5.41) is 3.69. The summed E-state index contributed by atoms with van der Waals surface area (Å²) in [5.41, 5.74) is 0.527. The second-order valence-corrected chi connectivity index (χ2v) is 7.02. The zero-order chi connectivity index (χ0) is 14.4. The van der Waals surface area contributed by atoms with E-state index < -0.39 is 0 Å². The van der Waals surface area contributed by atoms with Gasteiger partial charge in [-0.05, 0) is 44.6 Å². The van der Waals surface area contributed by atoms with E-state index in [1.165, 1.54) is 58.2 Å². The second-order valence-electron chi connectivity index (χ2n) is 7.02. The van der Waals surface area contributed by atoms with E-state index in [4.69, 9.17) is 4.74 Å². The summed E-state index contributed by atoms with van der Waals surface area (Å²) in [6.07, 6.45) is 8.51. The van der Waals surface area contributed by atoms with Crippen LogP contribution in [0, 0.1) is 5.41 Å². The monoisotopic (exact) mass is 282 g/mol. The first-order chi connectivity index (χ1) is 9.69. The summed E-state index contributed by atoms with van der Waals surface area (Å²) in [5.74, 6) is 0. The zero-order valence-electron chi connectivity index (χ0n) is 13.8. The van der Waals surface area contributed by atoms with E-state index in [-0.39, 0.29) is 0 Å². The molecule has 2 rings (SSSR count). The van der Waals surface area contributed by atoms with Gasteiger partial charge in [-0.25, -0.2) is 0 Å². The fourth-order valence-corrected chi connectivity index (χ4v) is 3.96. The molecule has 1 aliphatic carbocycles. The van der Waals surface area contributed by atoms with Crippen LogP contribution in [-0.2, 0) is 4.74 Å². The van der Waals surface area contributed by atoms with E-state index in [1.807, 2.05) is 0 Å². The van der Waals surface area contributed by atoms with Gasteiger partial charge in [0, 0.05) is 25.7 Å². The summed E-state index contributed by atoms with van der Waals surface area (Å²) >= 11 is 0. The van der Waals surface area contributed by atoms with Crippen LogP contribution in [0.25, 0.3) is 0 Å². The van der Waals surface area contributed by atoms with Crippen LogP contribution in [0.3, 0.4) is 0 Å². The standard InChI is InChI=1S/C17H34N2O/c1-4-10-18-13-17(8-6-7-9-17)14-19-11-15(3)20-12-16(19)5-2/h15-16,18H,4-14H2,1-3H3. The number of ether oxygens (including phenoxy) is 1. The third kappa shape index (κ3) is 4.19. The van der Waals surface area contributed by atoms with E-state index in [0.717, 1.165) is 13.2 Å². The average molecular weight is 282 g/mol. The fraction of sp³-hybridized carbons (Fsp3) is 1.00. The van der Waals surface area contributed by atoms with Crippen molar-refractivity contribution in [2.24, 2.45) is 5.41 Å². The molecule has 3 heteroatoms. The number of rotatable bonds is 7. The maximum Gasteiger partial charge on any atom is 0.0674 e. The highest BCUT2D eigenvalue weighted by Gasteiger charge is 2.38. The van der Waals surface area contributed by atoms with E-state index >= 15 is 0 Å². The molecule has 118 valence electrons. The Hall–Kier alpha value is -0.120. The lowest BCUT2D eigenvalue weighted by molar-refractivity contribution is -0.0688. The largest absolute Gasteiger partial charge is 0.376 e. The Morgan fingerprint density at radius 2 is 2.00 bits per heavy atom. The van der Waals surface area contributed by atoms with Crippen LogP contribution in [0.5, 0.6) is 0 Å². The molecule has 0 bridgehead atoms. The molecule has 1 saturated carbocycles. The van der Waals surface area contributed by atoms with Crippen molar-refractivity contribution in [3.05, 3.63) is 0 Å². The molecule has 0 aromatic rings. The molecule has 1 aliphatic heterocycles. The minimum absolute atomic E-state index is 0.403. The summed E-state index contributed by atoms with van der Waals surface area (Å²) < 4.78 is 5.85. The molecular weight excluding hydrogens is 248 g/mol. The number of hydrogen-bond donors (Lipinski definition) is 1. The minimum Gasteiger partial charge on any atom is -0.376 e. The van der Waals surface area contributed by atoms with Crippen LogP contribution in [0.15, 0.2) is 0 Å². The predicted molar refractivity (Wildman–Crippen MR) is 85.1 cm³/mol. The molecule has 1 saturated heterocycles. The van der Waals surface area contributed by atoms with Crippen LogP contribution in [0.1, 0.15) is 59.3 Å². The van der Waals surface area contributed by atoms with Crippen molar-refractivity contribution in [3.8, 4) is 0 Å². The van der Waals surface area contributed by atoms with Gasteiger partial charge in [-0.2, -0.15) is 0 Å². The lowest BCUT2D eigenvalue weighted by Gasteiger charge is -2.43. The van der Waals surface area contributed by atoms with Gasteiger partial charge in [0.05, 0.1) is 12.7 Å². The quantitative estimate of drug-likeness (QED) is 0.726. The maximum absolute atomic E-state index is 5.85. The van der Waals surface area contributed by atoms with E-state index in [1.54, 1.807) is 0 Å². The van der Waals surface area contributed by atoms with Crippen molar-refractivity contribution in [2.45, 2.75) is 71.4 Å². The van der Waals surface area contributed by atoms with E-state index in [2.05, 4.69) is 31.0 Å². The first kappa shape index (κ1) is 16.3. The molecule has 0 radical (unpaired) electrons. The maximum atomic E-state index is 5.85. The molecule has 2 unspecified atom stereocenters. The second kappa shape index (κ2) is 7.77. The highest BCUT2D eigenvalue weighted by atomic mass is 16.5. The summed E-state index contributed by atoms with van der Waals surface area (Å²) in [6.45, 7) is 12.5. The first-order valence-electron chi connectivity index (χ1n) is 8.75. The normalized spacial score (nSPS) is 30.8. The van der Waals surface area contributed by atoms with Gasteiger partial charge in [-0.3, -0.25) is 4.90 Å². The summed E-state index contributed by atoms with van der Waals surface area (Å²) in [7, 11) is 0. The molecule has 1 heterocycles. The Balaban J connectivity index is 1.95. The molecule has 2 fully saturated rings. The van der Waals surface area contributed by atoms with Crippen LogP contribution >= 0.6 is 0 Å². The molecule has 0 aromatic heterocycles. The number of nitrogens with one attached hydrogen (secondary N) is 1. The van der Waals surface area contributed by atoms with Gasteiger partial charge in [-0.1, -0.05) is 26.7 Å². The molecule has 3 nitrogen and oxygen atoms in total. The molecule has 20 heavy (non-hydrogen) atoms. The molecule has 0 aromatic carbocycles. The lowest BCUT2D eigenvalue weighted by Crippen LogP contribution is -2.53. The van der Waals surface area contributed by atoms with Gasteiger partial charge in [0.15, 0.2) is 0 Å². The number of morpholine rings is 1. The van der Waals surface area contributed by atoms with Crippen LogP contribution < -0.4 is 5.32 Å². The zero-order valence-corrected chi connectivity index (χ0v) is 13.8. The Kier molecular flexibility index (Phi) is 6.31. The minimum atomic E-state index is 0.403. The molecule has 2 aliphatic rings. The third-order valence-electron chi connectivity index (χ3n) is 5.18. The van der Waals surface area contributed by atoms with Crippen molar-refractivity contribution in [2.75, 3.05) is 32.8 Å². The highest BCUT2D eigenvalue weighted by molar-refractivity contribution is 4.92. The Morgan fingerprint density at radius 1 is 1.25 bits per heavy atom. The van der Waals surface area contributed by atoms with Crippen molar-refractivity contribution < 1.29 is 4.74 Å². The van der Waals surface area contributed by atoms with Crippen LogP contribution in [0.4, 0.5) is 0 Å². The molecule has 0 amide bonds. The van der Waals surface area contributed by atoms with Gasteiger partial charge in [-0.15, -0.1) is 0 Å². The lowest BCUT2D eigenvalue weighted by atomic mass is 9.84. The van der Waals surface area contributed by atoms with Gasteiger partial charge in [0.25, 0.3) is 0 Å². The van der Waals surface area contributed by atoms with Crippen LogP contribution in [-0.4, -0.2) is 49.8 Å². The van der Waals surface area contributed by atoms with Crippen molar-refractivity contribution in [1.82, 2.24) is 10.2 Å². The number of hydrogen-bond acceptors (Lipinski definition) is 3. The Labute approximate surface area is 125 Å². The first-order valence-corrected chi connectivity index (χ1v) is 8.75. The van der Waals surface area contributed by atoms with Crippen molar-refractivity contribution >= 4 is 0 Å². The SMILES string of the molecule is CCCNCC1(CN2CC(C)OCC2CC)CCCC1. The van der Waals surface area contributed by atoms with Crippen molar-refractivity contribution in [3.63, 3.8) is 0 Å². The van der Waals surface area contributed by atoms with Gasteiger partial charge >= 0.3 is 0 Å². The van der Waals surface area contributed by atoms with E-state index in [0.29, 0.717) is 17.6 Å². The molecular formula is C17H34N2O. The fourth-order valence-electron chi connectivity index (χ4n) is 3.96. The van der Waals surface area contributed by atoms with E-state index in [9.17, 15) is 0 Å². The Bertz CT molecular complexity index is 276. The molecule has 0 spiro atoms. The summed E-state index contributed by atoms with van der Waals surface area (Å²) in [4.78, 5) is 2.73. The van der Waals surface area contributed by atoms with Gasteiger partial charge in [0.2, 0.25) is 0 Å². The molecule has 2 atom stereocenters. The third-order valence-corrected chi connectivity index (χ3v) is 5.18. The predicted octanol–water partition coefficient (Wildman–Crippen LogP) is 3.05. The number of nitrogens with zero attached hydrogens (tertiary/aromatic N) is 1. The summed E-state index contributed by atoms with van der Waals surface area (Å²) in [6, 6.07) is 0.634. The van der Waals surface area contributed by atoms with Crippen molar-refractivity contribution in [1.29, 1.82) is 0 Å². The van der Waals surface area contributed by atoms with Crippen LogP contribution in [0.2, 0.25) is 0 Å².